The van der Waals surface area contributed by atoms with Crippen molar-refractivity contribution in [3.63, 3.8) is 0 Å². The number of anilines is 1. The summed E-state index contributed by atoms with van der Waals surface area (Å²) < 4.78 is 15.9. The molecule has 3 aromatic rings. The number of aromatic nitrogens is 2. The first-order chi connectivity index (χ1) is 12.6. The van der Waals surface area contributed by atoms with Gasteiger partial charge in [-0.05, 0) is 30.3 Å². The Hall–Kier alpha value is -3.95. The minimum Gasteiger partial charge on any atom is -0.454 e. The van der Waals surface area contributed by atoms with E-state index in [0.29, 0.717) is 17.1 Å². The van der Waals surface area contributed by atoms with E-state index >= 15 is 0 Å². The average Bonchev–Trinajstić information content (AvgIpc) is 3.30. The van der Waals surface area contributed by atoms with Crippen molar-refractivity contribution in [2.24, 2.45) is 0 Å². The zero-order chi connectivity index (χ0) is 18.1. The van der Waals surface area contributed by atoms with E-state index in [1.165, 1.54) is 24.3 Å². The molecule has 0 saturated carbocycles. The maximum Gasteiger partial charge on any atom is 0.322 e. The molecule has 0 unspecified atom stereocenters. The highest BCUT2D eigenvalue weighted by Crippen LogP contribution is 2.35. The van der Waals surface area contributed by atoms with Crippen molar-refractivity contribution in [3.05, 3.63) is 58.1 Å². The van der Waals surface area contributed by atoms with Crippen molar-refractivity contribution < 1.29 is 23.6 Å². The van der Waals surface area contributed by atoms with Crippen LogP contribution in [0.25, 0.3) is 11.5 Å². The van der Waals surface area contributed by atoms with Crippen molar-refractivity contribution in [2.45, 2.75) is 0 Å². The molecule has 10 heteroatoms. The van der Waals surface area contributed by atoms with Gasteiger partial charge < -0.3 is 13.9 Å². The van der Waals surface area contributed by atoms with E-state index in [1.54, 1.807) is 18.2 Å². The third-order valence-corrected chi connectivity index (χ3v) is 3.61. The van der Waals surface area contributed by atoms with Gasteiger partial charge in [-0.2, -0.15) is 0 Å². The summed E-state index contributed by atoms with van der Waals surface area (Å²) in [5.74, 6) is 0.861. The van der Waals surface area contributed by atoms with Crippen LogP contribution in [0.15, 0.2) is 46.9 Å². The van der Waals surface area contributed by atoms with E-state index in [1.807, 2.05) is 0 Å². The zero-order valence-corrected chi connectivity index (χ0v) is 13.0. The highest BCUT2D eigenvalue weighted by atomic mass is 16.7. The van der Waals surface area contributed by atoms with Crippen LogP contribution in [-0.2, 0) is 0 Å². The normalized spacial score (nSPS) is 12.0. The SMILES string of the molecule is O=C(Nc1nnc(-c2ccc3c(c2)OCO3)o1)c1ccc([N+](=O)[O-])cc1. The zero-order valence-electron chi connectivity index (χ0n) is 13.0. The fourth-order valence-corrected chi connectivity index (χ4v) is 2.32. The molecule has 1 aliphatic heterocycles. The number of nitro groups is 1. The minimum atomic E-state index is -0.544. The number of nitrogens with zero attached hydrogens (tertiary/aromatic N) is 3. The predicted octanol–water partition coefficient (Wildman–Crippen LogP) is 2.63. The standard InChI is InChI=1S/C16H10N4O6/c21-14(9-1-4-11(5-2-9)20(22)23)17-16-19-18-15(26-16)10-3-6-12-13(7-10)25-8-24-12/h1-7H,8H2,(H,17,19,21). The highest BCUT2D eigenvalue weighted by Gasteiger charge is 2.18. The van der Waals surface area contributed by atoms with Crippen LogP contribution in [0.2, 0.25) is 0 Å². The van der Waals surface area contributed by atoms with Gasteiger partial charge in [-0.1, -0.05) is 5.10 Å². The summed E-state index contributed by atoms with van der Waals surface area (Å²) in [6.07, 6.45) is 0. The van der Waals surface area contributed by atoms with Gasteiger partial charge in [0.25, 0.3) is 11.6 Å². The average molecular weight is 354 g/mol. The summed E-state index contributed by atoms with van der Waals surface area (Å²) in [6, 6.07) is 10.2. The van der Waals surface area contributed by atoms with Crippen molar-refractivity contribution in [2.75, 3.05) is 12.1 Å². The summed E-state index contributed by atoms with van der Waals surface area (Å²) in [5, 5.41) is 20.7. The number of carbonyl (C=O) groups is 1. The number of non-ortho nitro benzene ring substituents is 1. The molecule has 2 aromatic carbocycles. The van der Waals surface area contributed by atoms with Crippen molar-refractivity contribution in [3.8, 4) is 23.0 Å². The first kappa shape index (κ1) is 15.6. The van der Waals surface area contributed by atoms with Gasteiger partial charge in [0.2, 0.25) is 12.7 Å². The Morgan fingerprint density at radius 1 is 1.08 bits per heavy atom. The predicted molar refractivity (Wildman–Crippen MR) is 86.9 cm³/mol. The Kier molecular flexibility index (Phi) is 3.69. The molecule has 0 spiro atoms. The highest BCUT2D eigenvalue weighted by molar-refractivity contribution is 6.03. The molecule has 1 aromatic heterocycles. The Morgan fingerprint density at radius 3 is 2.62 bits per heavy atom. The molecular weight excluding hydrogens is 344 g/mol. The molecule has 10 nitrogen and oxygen atoms in total. The molecule has 0 saturated heterocycles. The van der Waals surface area contributed by atoms with Crippen LogP contribution in [0.4, 0.5) is 11.7 Å². The Balaban J connectivity index is 1.49. The number of fused-ring (bicyclic) bond motifs is 1. The van der Waals surface area contributed by atoms with Gasteiger partial charge in [-0.3, -0.25) is 20.2 Å². The van der Waals surface area contributed by atoms with Crippen LogP contribution in [0.3, 0.4) is 0 Å². The molecule has 4 rings (SSSR count). The Labute approximate surface area is 145 Å². The summed E-state index contributed by atoms with van der Waals surface area (Å²) >= 11 is 0. The van der Waals surface area contributed by atoms with E-state index < -0.39 is 10.8 Å². The van der Waals surface area contributed by atoms with Crippen LogP contribution in [0, 0.1) is 10.1 Å². The number of nitrogens with one attached hydrogen (secondary N) is 1. The molecule has 26 heavy (non-hydrogen) atoms. The Morgan fingerprint density at radius 2 is 1.85 bits per heavy atom. The number of hydrogen-bond acceptors (Lipinski definition) is 8. The molecule has 1 amide bonds. The number of nitro benzene ring substituents is 1. The fourth-order valence-electron chi connectivity index (χ4n) is 2.32. The molecule has 0 aliphatic carbocycles. The summed E-state index contributed by atoms with van der Waals surface area (Å²) in [5.41, 5.74) is 0.723. The minimum absolute atomic E-state index is 0.0963. The molecule has 0 bridgehead atoms. The monoisotopic (exact) mass is 354 g/mol. The lowest BCUT2D eigenvalue weighted by atomic mass is 10.2. The van der Waals surface area contributed by atoms with Crippen molar-refractivity contribution in [1.29, 1.82) is 0 Å². The third kappa shape index (κ3) is 2.90. The molecule has 0 atom stereocenters. The number of carbonyl (C=O) groups excluding carboxylic acids is 1. The first-order valence-corrected chi connectivity index (χ1v) is 7.39. The number of hydrogen-bond donors (Lipinski definition) is 1. The molecule has 0 radical (unpaired) electrons. The third-order valence-electron chi connectivity index (χ3n) is 3.61. The van der Waals surface area contributed by atoms with E-state index in [2.05, 4.69) is 15.5 Å². The summed E-state index contributed by atoms with van der Waals surface area (Å²) in [4.78, 5) is 22.2. The summed E-state index contributed by atoms with van der Waals surface area (Å²) in [7, 11) is 0. The van der Waals surface area contributed by atoms with Crippen LogP contribution in [0.1, 0.15) is 10.4 Å². The van der Waals surface area contributed by atoms with Crippen molar-refractivity contribution in [1.82, 2.24) is 10.2 Å². The lowest BCUT2D eigenvalue weighted by Gasteiger charge is -2.00. The topological polar surface area (TPSA) is 130 Å². The van der Waals surface area contributed by atoms with Crippen LogP contribution < -0.4 is 14.8 Å². The number of benzene rings is 2. The van der Waals surface area contributed by atoms with Crippen molar-refractivity contribution >= 4 is 17.6 Å². The second kappa shape index (κ2) is 6.16. The maximum atomic E-state index is 12.1. The second-order valence-corrected chi connectivity index (χ2v) is 5.24. The van der Waals surface area contributed by atoms with E-state index in [0.717, 1.165) is 0 Å². The molecule has 130 valence electrons. The lowest BCUT2D eigenvalue weighted by Crippen LogP contribution is -2.12. The maximum absolute atomic E-state index is 12.1. The largest absolute Gasteiger partial charge is 0.454 e. The van der Waals surface area contributed by atoms with E-state index in [4.69, 9.17) is 13.9 Å². The van der Waals surface area contributed by atoms with Gasteiger partial charge in [0.15, 0.2) is 11.5 Å². The van der Waals surface area contributed by atoms with Gasteiger partial charge in [0.05, 0.1) is 4.92 Å². The second-order valence-electron chi connectivity index (χ2n) is 5.24. The quantitative estimate of drug-likeness (QED) is 0.559. The number of amides is 1. The molecular formula is C16H10N4O6. The van der Waals surface area contributed by atoms with Crippen LogP contribution in [-0.4, -0.2) is 27.8 Å². The molecule has 1 N–H and O–H groups in total. The van der Waals surface area contributed by atoms with Gasteiger partial charge >= 0.3 is 6.01 Å². The smallest absolute Gasteiger partial charge is 0.322 e. The van der Waals surface area contributed by atoms with Gasteiger partial charge in [-0.15, -0.1) is 5.10 Å². The summed E-state index contributed by atoms with van der Waals surface area (Å²) in [6.45, 7) is 0.152. The van der Waals surface area contributed by atoms with Gasteiger partial charge in [0.1, 0.15) is 0 Å². The van der Waals surface area contributed by atoms with Crippen LogP contribution >= 0.6 is 0 Å². The molecule has 2 heterocycles. The molecule has 1 aliphatic rings. The van der Waals surface area contributed by atoms with Gasteiger partial charge in [-0.25, -0.2) is 0 Å². The molecule has 0 fully saturated rings. The first-order valence-electron chi connectivity index (χ1n) is 7.39. The van der Waals surface area contributed by atoms with Gasteiger partial charge in [0, 0.05) is 23.3 Å². The van der Waals surface area contributed by atoms with Crippen LogP contribution in [0.5, 0.6) is 11.5 Å². The number of ether oxygens (including phenoxy) is 2. The van der Waals surface area contributed by atoms with E-state index in [9.17, 15) is 14.9 Å². The lowest BCUT2D eigenvalue weighted by molar-refractivity contribution is -0.384. The Bertz CT molecular complexity index is 998. The number of rotatable bonds is 4. The van der Waals surface area contributed by atoms with E-state index in [-0.39, 0.29) is 29.9 Å². The fraction of sp³-hybridized carbons (Fsp3) is 0.0625.